The van der Waals surface area contributed by atoms with Crippen molar-refractivity contribution in [3.8, 4) is 30.0 Å². The summed E-state index contributed by atoms with van der Waals surface area (Å²) in [6.45, 7) is 5.77. The quantitative estimate of drug-likeness (QED) is 0.552. The summed E-state index contributed by atoms with van der Waals surface area (Å²) in [6, 6.07) is 13.0. The van der Waals surface area contributed by atoms with Gasteiger partial charge < -0.3 is 5.11 Å². The molecular weight excluding hydrogens is 381 g/mol. The van der Waals surface area contributed by atoms with Gasteiger partial charge in [-0.25, -0.2) is 4.39 Å². The number of thioether (sulfide) groups is 1. The predicted octanol–water partition coefficient (Wildman–Crippen LogP) is 6.25. The van der Waals surface area contributed by atoms with Crippen LogP contribution in [-0.2, 0) is 12.8 Å². The van der Waals surface area contributed by atoms with Crippen molar-refractivity contribution in [2.45, 2.75) is 33.6 Å². The molecule has 0 bridgehead atoms. The highest BCUT2D eigenvalue weighted by Gasteiger charge is 2.16. The van der Waals surface area contributed by atoms with Crippen molar-refractivity contribution in [2.24, 2.45) is 0 Å². The molecule has 0 aromatic heterocycles. The molecule has 0 heterocycles. The van der Waals surface area contributed by atoms with Gasteiger partial charge in [0.2, 0.25) is 0 Å². The van der Waals surface area contributed by atoms with Gasteiger partial charge in [0, 0.05) is 16.9 Å². The lowest BCUT2D eigenvalue weighted by molar-refractivity contribution is 0.339. The fourth-order valence-electron chi connectivity index (χ4n) is 2.88. The molecule has 2 aromatic rings. The molecule has 0 aliphatic rings. The van der Waals surface area contributed by atoms with Crippen LogP contribution in [0.4, 0.5) is 4.39 Å². The SMILES string of the molecule is C#C.C/C=C(/CO)S/C(=C\C)Cc1ccc(CC)c(-c2cccc(C#N)c2)c1F. The number of aryl methyl sites for hydroxylation is 1. The molecule has 0 aliphatic heterocycles. The van der Waals surface area contributed by atoms with Gasteiger partial charge in [0.05, 0.1) is 18.2 Å². The molecule has 2 nitrogen and oxygen atoms in total. The third-order valence-corrected chi connectivity index (χ3v) is 5.67. The molecule has 0 saturated carbocycles. The second-order valence-corrected chi connectivity index (χ2v) is 7.32. The zero-order chi connectivity index (χ0) is 21.8. The molecule has 0 amide bonds. The number of aliphatic hydroxyl groups is 1. The van der Waals surface area contributed by atoms with Crippen LogP contribution in [0.15, 0.2) is 58.4 Å². The van der Waals surface area contributed by atoms with Crippen LogP contribution in [0.1, 0.15) is 37.5 Å². The van der Waals surface area contributed by atoms with E-state index in [1.165, 1.54) is 11.8 Å². The first-order chi connectivity index (χ1) is 14.1. The molecule has 0 fully saturated rings. The largest absolute Gasteiger partial charge is 0.391 e. The Kier molecular flexibility index (Phi) is 10.6. The second kappa shape index (κ2) is 12.6. The third-order valence-electron chi connectivity index (χ3n) is 4.40. The fraction of sp³-hybridized carbons (Fsp3) is 0.240. The maximum Gasteiger partial charge on any atom is 0.134 e. The molecule has 29 heavy (non-hydrogen) atoms. The molecule has 0 radical (unpaired) electrons. The van der Waals surface area contributed by atoms with Crippen molar-refractivity contribution in [3.05, 3.63) is 80.9 Å². The lowest BCUT2D eigenvalue weighted by Crippen LogP contribution is -2.00. The maximum atomic E-state index is 15.5. The van der Waals surface area contributed by atoms with Crippen LogP contribution in [-0.4, -0.2) is 11.7 Å². The van der Waals surface area contributed by atoms with E-state index < -0.39 is 0 Å². The summed E-state index contributed by atoms with van der Waals surface area (Å²) in [5.74, 6) is -0.240. The molecular formula is C25H26FNOS. The number of terminal acetylenes is 1. The van der Waals surface area contributed by atoms with Crippen LogP contribution >= 0.6 is 11.8 Å². The van der Waals surface area contributed by atoms with Gasteiger partial charge in [-0.2, -0.15) is 5.26 Å². The lowest BCUT2D eigenvalue weighted by Gasteiger charge is -2.15. The van der Waals surface area contributed by atoms with Crippen LogP contribution in [0, 0.1) is 30.0 Å². The van der Waals surface area contributed by atoms with Crippen LogP contribution in [0.5, 0.6) is 0 Å². The first-order valence-electron chi connectivity index (χ1n) is 9.31. The molecule has 0 aliphatic carbocycles. The Bertz CT molecular complexity index is 951. The highest BCUT2D eigenvalue weighted by atomic mass is 32.2. The van der Waals surface area contributed by atoms with E-state index in [2.05, 4.69) is 18.9 Å². The zero-order valence-corrected chi connectivity index (χ0v) is 17.9. The summed E-state index contributed by atoms with van der Waals surface area (Å²) in [7, 11) is 0. The van der Waals surface area contributed by atoms with Gasteiger partial charge >= 0.3 is 0 Å². The minimum atomic E-state index is -0.240. The zero-order valence-electron chi connectivity index (χ0n) is 17.1. The normalized spacial score (nSPS) is 11.4. The highest BCUT2D eigenvalue weighted by Crippen LogP contribution is 2.34. The average Bonchev–Trinajstić information content (AvgIpc) is 2.78. The number of nitriles is 1. The monoisotopic (exact) mass is 407 g/mol. The van der Waals surface area contributed by atoms with Crippen LogP contribution in [0.3, 0.4) is 0 Å². The Labute approximate surface area is 177 Å². The van der Waals surface area contributed by atoms with E-state index in [-0.39, 0.29) is 12.4 Å². The minimum absolute atomic E-state index is 0.0258. The summed E-state index contributed by atoms with van der Waals surface area (Å²) in [6.07, 6.45) is 13.0. The number of halogens is 1. The van der Waals surface area contributed by atoms with Crippen molar-refractivity contribution >= 4 is 11.8 Å². The first kappa shape index (κ1) is 24.2. The summed E-state index contributed by atoms with van der Waals surface area (Å²) >= 11 is 1.47. The van der Waals surface area contributed by atoms with Gasteiger partial charge in [0.25, 0.3) is 0 Å². The Morgan fingerprint density at radius 2 is 1.79 bits per heavy atom. The smallest absolute Gasteiger partial charge is 0.134 e. The van der Waals surface area contributed by atoms with Crippen molar-refractivity contribution in [1.29, 1.82) is 5.26 Å². The van der Waals surface area contributed by atoms with E-state index >= 15 is 4.39 Å². The molecule has 0 unspecified atom stereocenters. The van der Waals surface area contributed by atoms with Gasteiger partial charge in [0.15, 0.2) is 0 Å². The lowest BCUT2D eigenvalue weighted by atomic mass is 9.93. The third kappa shape index (κ3) is 6.36. The number of hydrogen-bond acceptors (Lipinski definition) is 3. The highest BCUT2D eigenvalue weighted by molar-refractivity contribution is 8.06. The summed E-state index contributed by atoms with van der Waals surface area (Å²) in [4.78, 5) is 1.83. The Morgan fingerprint density at radius 3 is 2.34 bits per heavy atom. The van der Waals surface area contributed by atoms with E-state index in [4.69, 9.17) is 5.26 Å². The summed E-state index contributed by atoms with van der Waals surface area (Å²) < 4.78 is 15.5. The van der Waals surface area contributed by atoms with Crippen molar-refractivity contribution in [2.75, 3.05) is 6.61 Å². The van der Waals surface area contributed by atoms with Gasteiger partial charge in [-0.15, -0.1) is 12.8 Å². The first-order valence-corrected chi connectivity index (χ1v) is 10.1. The van der Waals surface area contributed by atoms with Gasteiger partial charge in [-0.05, 0) is 54.0 Å². The van der Waals surface area contributed by atoms with Crippen molar-refractivity contribution in [3.63, 3.8) is 0 Å². The molecule has 0 spiro atoms. The molecule has 0 saturated heterocycles. The molecule has 2 aromatic carbocycles. The number of allylic oxidation sites excluding steroid dienone is 3. The van der Waals surface area contributed by atoms with E-state index in [1.54, 1.807) is 18.2 Å². The molecule has 150 valence electrons. The second-order valence-electron chi connectivity index (χ2n) is 6.07. The van der Waals surface area contributed by atoms with E-state index in [0.717, 1.165) is 20.9 Å². The predicted molar refractivity (Wildman–Crippen MR) is 122 cm³/mol. The number of rotatable bonds is 7. The summed E-state index contributed by atoms with van der Waals surface area (Å²) in [5.41, 5.74) is 3.35. The van der Waals surface area contributed by atoms with Gasteiger partial charge in [0.1, 0.15) is 5.82 Å². The average molecular weight is 408 g/mol. The number of hydrogen-bond donors (Lipinski definition) is 1. The molecule has 4 heteroatoms. The minimum Gasteiger partial charge on any atom is -0.391 e. The van der Waals surface area contributed by atoms with Gasteiger partial charge in [-0.1, -0.05) is 55.1 Å². The Balaban J connectivity index is 0.00000204. The summed E-state index contributed by atoms with van der Waals surface area (Å²) in [5, 5.41) is 18.5. The Hall–Kier alpha value is -2.79. The molecule has 1 N–H and O–H groups in total. The standard InChI is InChI=1S/C23H24FNOS.C2H2/c1-4-17-10-11-19(13-20(5-2)27-21(6-3)15-26)23(24)22(17)18-9-7-8-16(12-18)14-25;1-2/h5-12,26H,4,13,15H2,1-3H3;1-2H/b20-5-,21-6-;. The number of benzene rings is 2. The molecule has 2 rings (SSSR count). The van der Waals surface area contributed by atoms with Crippen molar-refractivity contribution in [1.82, 2.24) is 0 Å². The topological polar surface area (TPSA) is 44.0 Å². The van der Waals surface area contributed by atoms with E-state index in [9.17, 15) is 5.11 Å². The number of nitrogens with zero attached hydrogens (tertiary/aromatic N) is 1. The van der Waals surface area contributed by atoms with Crippen LogP contribution in [0.25, 0.3) is 11.1 Å². The van der Waals surface area contributed by atoms with Crippen LogP contribution in [0.2, 0.25) is 0 Å². The number of aliphatic hydroxyl groups excluding tert-OH is 1. The fourth-order valence-corrected chi connectivity index (χ4v) is 3.75. The van der Waals surface area contributed by atoms with Crippen molar-refractivity contribution < 1.29 is 9.50 Å². The van der Waals surface area contributed by atoms with Crippen LogP contribution < -0.4 is 0 Å². The van der Waals surface area contributed by atoms with Gasteiger partial charge in [-0.3, -0.25) is 0 Å². The van der Waals surface area contributed by atoms with E-state index in [1.807, 2.05) is 51.1 Å². The Morgan fingerprint density at radius 1 is 1.14 bits per heavy atom. The maximum absolute atomic E-state index is 15.5. The van der Waals surface area contributed by atoms with E-state index in [0.29, 0.717) is 29.5 Å². The molecule has 0 atom stereocenters.